The second kappa shape index (κ2) is 5.01. The highest BCUT2D eigenvalue weighted by Gasteiger charge is 2.20. The number of anilines is 1. The number of ether oxygens (including phenoxy) is 2. The third kappa shape index (κ3) is 2.24. The average Bonchev–Trinajstić information content (AvgIpc) is 2.84. The van der Waals surface area contributed by atoms with Crippen molar-refractivity contribution in [2.24, 2.45) is 7.05 Å². The summed E-state index contributed by atoms with van der Waals surface area (Å²) in [6.07, 6.45) is 3.25. The Bertz CT molecular complexity index is 620. The Labute approximate surface area is 110 Å². The van der Waals surface area contributed by atoms with Crippen LogP contribution in [0.1, 0.15) is 16.2 Å². The molecule has 0 bridgehead atoms. The number of ketones is 1. The summed E-state index contributed by atoms with van der Waals surface area (Å²) in [5.74, 6) is 0.935. The van der Waals surface area contributed by atoms with Gasteiger partial charge < -0.3 is 19.8 Å². The number of hydrogen-bond acceptors (Lipinski definition) is 5. The summed E-state index contributed by atoms with van der Waals surface area (Å²) in [5, 5.41) is 0. The van der Waals surface area contributed by atoms with Crippen molar-refractivity contribution in [2.75, 3.05) is 20.0 Å². The van der Waals surface area contributed by atoms with Gasteiger partial charge in [-0.3, -0.25) is 4.79 Å². The van der Waals surface area contributed by atoms with Crippen molar-refractivity contribution in [1.82, 2.24) is 9.55 Å². The van der Waals surface area contributed by atoms with Crippen molar-refractivity contribution in [2.45, 2.75) is 0 Å². The van der Waals surface area contributed by atoms with Gasteiger partial charge in [0.2, 0.25) is 5.78 Å². The molecular formula is C13H15N3O3. The normalized spacial score (nSPS) is 10.3. The van der Waals surface area contributed by atoms with Gasteiger partial charge in [0, 0.05) is 25.5 Å². The summed E-state index contributed by atoms with van der Waals surface area (Å²) in [7, 11) is 4.74. The number of nitrogen functional groups attached to an aromatic ring is 1. The Morgan fingerprint density at radius 2 is 2.05 bits per heavy atom. The van der Waals surface area contributed by atoms with E-state index in [0.29, 0.717) is 22.9 Å². The summed E-state index contributed by atoms with van der Waals surface area (Å²) in [5.41, 5.74) is 6.52. The Kier molecular flexibility index (Phi) is 3.41. The van der Waals surface area contributed by atoms with Crippen molar-refractivity contribution in [3.63, 3.8) is 0 Å². The molecule has 0 radical (unpaired) electrons. The first kappa shape index (κ1) is 12.9. The first-order chi connectivity index (χ1) is 9.08. The third-order valence-corrected chi connectivity index (χ3v) is 2.84. The molecule has 0 saturated carbocycles. The van der Waals surface area contributed by atoms with Crippen molar-refractivity contribution < 1.29 is 14.3 Å². The largest absolute Gasteiger partial charge is 0.497 e. The molecule has 100 valence electrons. The summed E-state index contributed by atoms with van der Waals surface area (Å²) in [6, 6.07) is 3.21. The molecule has 0 saturated heterocycles. The fraction of sp³-hybridized carbons (Fsp3) is 0.231. The Morgan fingerprint density at radius 1 is 1.32 bits per heavy atom. The number of carbonyl (C=O) groups is 1. The fourth-order valence-electron chi connectivity index (χ4n) is 1.78. The predicted molar refractivity (Wildman–Crippen MR) is 70.6 cm³/mol. The van der Waals surface area contributed by atoms with Gasteiger partial charge in [-0.25, -0.2) is 4.98 Å². The Hall–Kier alpha value is -2.50. The van der Waals surface area contributed by atoms with Crippen LogP contribution in [0.5, 0.6) is 11.5 Å². The number of rotatable bonds is 4. The quantitative estimate of drug-likeness (QED) is 0.662. The second-order valence-electron chi connectivity index (χ2n) is 3.98. The first-order valence-corrected chi connectivity index (χ1v) is 5.62. The lowest BCUT2D eigenvalue weighted by molar-refractivity contribution is 0.102. The zero-order valence-corrected chi connectivity index (χ0v) is 11.0. The maximum Gasteiger partial charge on any atom is 0.230 e. The number of methoxy groups -OCH3 is 2. The van der Waals surface area contributed by atoms with E-state index in [2.05, 4.69) is 4.98 Å². The van der Waals surface area contributed by atoms with Gasteiger partial charge in [-0.1, -0.05) is 0 Å². The van der Waals surface area contributed by atoms with Gasteiger partial charge in [0.15, 0.2) is 5.82 Å². The third-order valence-electron chi connectivity index (χ3n) is 2.84. The molecule has 2 N–H and O–H groups in total. The van der Waals surface area contributed by atoms with E-state index in [1.165, 1.54) is 14.2 Å². The molecule has 1 aromatic carbocycles. The van der Waals surface area contributed by atoms with E-state index in [0.717, 1.165) is 0 Å². The SMILES string of the molecule is COc1cc(OC)c(N)c(C(=O)c2nccn2C)c1. The topological polar surface area (TPSA) is 79.4 Å². The van der Waals surface area contributed by atoms with Gasteiger partial charge in [0.25, 0.3) is 0 Å². The fourth-order valence-corrected chi connectivity index (χ4v) is 1.78. The molecule has 0 unspecified atom stereocenters. The number of nitrogens with two attached hydrogens (primary N) is 1. The van der Waals surface area contributed by atoms with Crippen LogP contribution in [0.15, 0.2) is 24.5 Å². The van der Waals surface area contributed by atoms with Crippen LogP contribution in [0.2, 0.25) is 0 Å². The van der Waals surface area contributed by atoms with Crippen molar-refractivity contribution in [3.8, 4) is 11.5 Å². The van der Waals surface area contributed by atoms with Gasteiger partial charge in [-0.2, -0.15) is 0 Å². The number of hydrogen-bond donors (Lipinski definition) is 1. The average molecular weight is 261 g/mol. The van der Waals surface area contributed by atoms with E-state index in [4.69, 9.17) is 15.2 Å². The van der Waals surface area contributed by atoms with E-state index in [1.54, 1.807) is 36.1 Å². The van der Waals surface area contributed by atoms with Crippen LogP contribution in [-0.4, -0.2) is 29.6 Å². The summed E-state index contributed by atoms with van der Waals surface area (Å²) >= 11 is 0. The highest BCUT2D eigenvalue weighted by Crippen LogP contribution is 2.32. The molecule has 2 rings (SSSR count). The minimum Gasteiger partial charge on any atom is -0.497 e. The number of nitrogens with zero attached hydrogens (tertiary/aromatic N) is 2. The number of aromatic nitrogens is 2. The number of aryl methyl sites for hydroxylation is 1. The Morgan fingerprint density at radius 3 is 2.58 bits per heavy atom. The maximum absolute atomic E-state index is 12.4. The van der Waals surface area contributed by atoms with Crippen LogP contribution in [0.25, 0.3) is 0 Å². The van der Waals surface area contributed by atoms with E-state index in [9.17, 15) is 4.79 Å². The van der Waals surface area contributed by atoms with Crippen LogP contribution in [0, 0.1) is 0 Å². The van der Waals surface area contributed by atoms with Gasteiger partial charge in [0.1, 0.15) is 11.5 Å². The lowest BCUT2D eigenvalue weighted by atomic mass is 10.1. The van der Waals surface area contributed by atoms with Gasteiger partial charge in [-0.15, -0.1) is 0 Å². The highest BCUT2D eigenvalue weighted by molar-refractivity contribution is 6.11. The monoisotopic (exact) mass is 261 g/mol. The van der Waals surface area contributed by atoms with E-state index in [1.807, 2.05) is 0 Å². The standard InChI is InChI=1S/C13H15N3O3/c1-16-5-4-15-13(16)12(17)9-6-8(18-2)7-10(19-3)11(9)14/h4-7H,14H2,1-3H3. The van der Waals surface area contributed by atoms with E-state index in [-0.39, 0.29) is 11.5 Å². The smallest absolute Gasteiger partial charge is 0.230 e. The molecular weight excluding hydrogens is 246 g/mol. The van der Waals surface area contributed by atoms with Crippen LogP contribution in [0.4, 0.5) is 5.69 Å². The molecule has 0 atom stereocenters. The molecule has 0 amide bonds. The molecule has 2 aromatic rings. The summed E-state index contributed by atoms with van der Waals surface area (Å²) in [6.45, 7) is 0. The minimum absolute atomic E-state index is 0.274. The molecule has 1 heterocycles. The zero-order valence-electron chi connectivity index (χ0n) is 11.0. The van der Waals surface area contributed by atoms with E-state index >= 15 is 0 Å². The molecule has 0 fully saturated rings. The minimum atomic E-state index is -0.276. The van der Waals surface area contributed by atoms with Gasteiger partial charge >= 0.3 is 0 Å². The summed E-state index contributed by atoms with van der Waals surface area (Å²) < 4.78 is 11.9. The number of carbonyl (C=O) groups excluding carboxylic acids is 1. The van der Waals surface area contributed by atoms with Crippen LogP contribution < -0.4 is 15.2 Å². The molecule has 6 heteroatoms. The molecule has 0 aliphatic carbocycles. The molecule has 6 nitrogen and oxygen atoms in total. The van der Waals surface area contributed by atoms with Crippen LogP contribution in [0.3, 0.4) is 0 Å². The lowest BCUT2D eigenvalue weighted by Crippen LogP contribution is -2.12. The highest BCUT2D eigenvalue weighted by atomic mass is 16.5. The van der Waals surface area contributed by atoms with Crippen LogP contribution >= 0.6 is 0 Å². The number of imidazole rings is 1. The Balaban J connectivity index is 2.55. The zero-order chi connectivity index (χ0) is 14.0. The molecule has 0 spiro atoms. The van der Waals surface area contributed by atoms with Crippen molar-refractivity contribution >= 4 is 11.5 Å². The van der Waals surface area contributed by atoms with E-state index < -0.39 is 0 Å². The first-order valence-electron chi connectivity index (χ1n) is 5.62. The van der Waals surface area contributed by atoms with Crippen molar-refractivity contribution in [1.29, 1.82) is 0 Å². The maximum atomic E-state index is 12.4. The van der Waals surface area contributed by atoms with Gasteiger partial charge in [0.05, 0.1) is 25.5 Å². The number of benzene rings is 1. The molecule has 0 aliphatic rings. The summed E-state index contributed by atoms with van der Waals surface area (Å²) in [4.78, 5) is 16.4. The van der Waals surface area contributed by atoms with Crippen LogP contribution in [-0.2, 0) is 7.05 Å². The second-order valence-corrected chi connectivity index (χ2v) is 3.98. The molecule has 0 aliphatic heterocycles. The lowest BCUT2D eigenvalue weighted by Gasteiger charge is -2.11. The molecule has 1 aromatic heterocycles. The predicted octanol–water partition coefficient (Wildman–Crippen LogP) is 1.25. The molecule has 19 heavy (non-hydrogen) atoms. The van der Waals surface area contributed by atoms with Crippen molar-refractivity contribution in [3.05, 3.63) is 35.9 Å². The van der Waals surface area contributed by atoms with Gasteiger partial charge in [-0.05, 0) is 6.07 Å².